The highest BCUT2D eigenvalue weighted by atomic mass is 35.5. The quantitative estimate of drug-likeness (QED) is 0.759. The number of ether oxygens (including phenoxy) is 1. The summed E-state index contributed by atoms with van der Waals surface area (Å²) in [5, 5.41) is 20.1. The molecular weight excluding hydrogens is 276 g/mol. The van der Waals surface area contributed by atoms with Gasteiger partial charge in [-0.3, -0.25) is 0 Å². The first-order valence-electron chi connectivity index (χ1n) is 7.37. The number of aliphatic hydroxyl groups excluding tert-OH is 1. The third-order valence-corrected chi connectivity index (χ3v) is 4.23. The van der Waals surface area contributed by atoms with Crippen LogP contribution in [0.15, 0.2) is 24.3 Å². The summed E-state index contributed by atoms with van der Waals surface area (Å²) < 4.78 is 5.95. The van der Waals surface area contributed by atoms with E-state index in [0.29, 0.717) is 25.7 Å². The van der Waals surface area contributed by atoms with Crippen LogP contribution in [0.4, 0.5) is 0 Å². The molecular formula is C16H23ClO3. The topological polar surface area (TPSA) is 49.7 Å². The Labute approximate surface area is 125 Å². The smallest absolute Gasteiger partial charge is 0.165 e. The highest BCUT2D eigenvalue weighted by Crippen LogP contribution is 2.33. The molecule has 0 spiro atoms. The van der Waals surface area contributed by atoms with E-state index in [9.17, 15) is 5.11 Å². The molecule has 1 aliphatic carbocycles. The molecule has 20 heavy (non-hydrogen) atoms. The third kappa shape index (κ3) is 4.45. The average molecular weight is 299 g/mol. The highest BCUT2D eigenvalue weighted by Gasteiger charge is 2.34. The summed E-state index contributed by atoms with van der Waals surface area (Å²) in [7, 11) is 0. The van der Waals surface area contributed by atoms with Crippen molar-refractivity contribution < 1.29 is 14.9 Å². The minimum atomic E-state index is -0.985. The molecule has 1 atom stereocenters. The second-order valence-electron chi connectivity index (χ2n) is 5.55. The number of halogens is 1. The van der Waals surface area contributed by atoms with E-state index in [1.165, 1.54) is 0 Å². The maximum atomic E-state index is 10.4. The molecule has 2 N–H and O–H groups in total. The normalized spacial score (nSPS) is 19.1. The monoisotopic (exact) mass is 298 g/mol. The van der Waals surface area contributed by atoms with Crippen LogP contribution in [0.25, 0.3) is 0 Å². The molecule has 1 aromatic carbocycles. The van der Waals surface area contributed by atoms with Crippen molar-refractivity contribution in [2.75, 3.05) is 6.61 Å². The predicted molar refractivity (Wildman–Crippen MR) is 79.8 cm³/mol. The van der Waals surface area contributed by atoms with Crippen molar-refractivity contribution in [3.05, 3.63) is 34.9 Å². The Morgan fingerprint density at radius 2 is 1.95 bits per heavy atom. The molecule has 4 heteroatoms. The van der Waals surface area contributed by atoms with Crippen molar-refractivity contribution in [3.63, 3.8) is 0 Å². The zero-order valence-electron chi connectivity index (χ0n) is 11.7. The number of hydrogen-bond donors (Lipinski definition) is 2. The molecule has 1 fully saturated rings. The Morgan fingerprint density at radius 1 is 1.25 bits per heavy atom. The van der Waals surface area contributed by atoms with Gasteiger partial charge in [0.25, 0.3) is 0 Å². The van der Waals surface area contributed by atoms with Crippen molar-refractivity contribution in [3.8, 4) is 0 Å². The summed E-state index contributed by atoms with van der Waals surface area (Å²) in [6.45, 7) is 0.140. The van der Waals surface area contributed by atoms with Crippen LogP contribution >= 0.6 is 11.6 Å². The molecule has 0 aliphatic heterocycles. The Bertz CT molecular complexity index is 416. The molecule has 0 radical (unpaired) electrons. The fourth-order valence-electron chi connectivity index (χ4n) is 2.79. The molecule has 1 aliphatic rings. The maximum absolute atomic E-state index is 10.4. The number of benzene rings is 1. The summed E-state index contributed by atoms with van der Waals surface area (Å²) in [6, 6.07) is 7.70. The van der Waals surface area contributed by atoms with E-state index in [0.717, 1.165) is 29.8 Å². The zero-order valence-corrected chi connectivity index (χ0v) is 12.5. The molecule has 0 saturated heterocycles. The van der Waals surface area contributed by atoms with Gasteiger partial charge in [0.2, 0.25) is 0 Å². The van der Waals surface area contributed by atoms with Gasteiger partial charge in [0, 0.05) is 30.9 Å². The van der Waals surface area contributed by atoms with Gasteiger partial charge in [-0.25, -0.2) is 0 Å². The lowest BCUT2D eigenvalue weighted by molar-refractivity contribution is -0.226. The number of rotatable bonds is 7. The van der Waals surface area contributed by atoms with E-state index in [2.05, 4.69) is 0 Å². The van der Waals surface area contributed by atoms with Crippen LogP contribution in [0.2, 0.25) is 5.02 Å². The minimum absolute atomic E-state index is 0.106. The van der Waals surface area contributed by atoms with Gasteiger partial charge in [0.05, 0.1) is 6.10 Å². The summed E-state index contributed by atoms with van der Waals surface area (Å²) in [5.74, 6) is -0.985. The molecule has 112 valence electrons. The molecule has 0 heterocycles. The van der Waals surface area contributed by atoms with Crippen LogP contribution in [-0.2, 0) is 11.2 Å². The standard InChI is InChI=1S/C16H23ClO3/c17-15-8-2-1-6-13(15)12-14(7-5-11-18)20-16(19)9-3-4-10-16/h1-2,6,8,14,18-19H,3-5,7,9-12H2. The Hall–Kier alpha value is -0.610. The zero-order chi connectivity index (χ0) is 14.4. The van der Waals surface area contributed by atoms with E-state index in [1.54, 1.807) is 0 Å². The fourth-order valence-corrected chi connectivity index (χ4v) is 3.00. The Morgan fingerprint density at radius 3 is 2.60 bits per heavy atom. The van der Waals surface area contributed by atoms with Crippen LogP contribution in [0, 0.1) is 0 Å². The van der Waals surface area contributed by atoms with Crippen LogP contribution in [0.5, 0.6) is 0 Å². The minimum Gasteiger partial charge on any atom is -0.396 e. The first kappa shape index (κ1) is 15.8. The molecule has 2 rings (SSSR count). The Balaban J connectivity index is 2.01. The van der Waals surface area contributed by atoms with Crippen LogP contribution in [0.1, 0.15) is 44.1 Å². The number of aliphatic hydroxyl groups is 2. The summed E-state index contributed by atoms with van der Waals surface area (Å²) in [6.07, 6.45) is 5.38. The summed E-state index contributed by atoms with van der Waals surface area (Å²) in [4.78, 5) is 0. The molecule has 0 aromatic heterocycles. The SMILES string of the molecule is OCCCC(Cc1ccccc1Cl)OC1(O)CCCC1. The molecule has 0 bridgehead atoms. The highest BCUT2D eigenvalue weighted by molar-refractivity contribution is 6.31. The van der Waals surface area contributed by atoms with Crippen molar-refractivity contribution in [1.82, 2.24) is 0 Å². The lowest BCUT2D eigenvalue weighted by atomic mass is 10.0. The van der Waals surface area contributed by atoms with E-state index < -0.39 is 5.79 Å². The lowest BCUT2D eigenvalue weighted by Crippen LogP contribution is -2.35. The van der Waals surface area contributed by atoms with Gasteiger partial charge in [-0.1, -0.05) is 29.8 Å². The molecule has 1 unspecified atom stereocenters. The third-order valence-electron chi connectivity index (χ3n) is 3.86. The lowest BCUT2D eigenvalue weighted by Gasteiger charge is -2.29. The van der Waals surface area contributed by atoms with Crippen LogP contribution in [-0.4, -0.2) is 28.7 Å². The van der Waals surface area contributed by atoms with E-state index in [1.807, 2.05) is 24.3 Å². The first-order valence-corrected chi connectivity index (χ1v) is 7.75. The second-order valence-corrected chi connectivity index (χ2v) is 5.96. The van der Waals surface area contributed by atoms with Crippen molar-refractivity contribution >= 4 is 11.6 Å². The molecule has 3 nitrogen and oxygen atoms in total. The fraction of sp³-hybridized carbons (Fsp3) is 0.625. The second kappa shape index (κ2) is 7.41. The molecule has 1 saturated carbocycles. The van der Waals surface area contributed by atoms with E-state index >= 15 is 0 Å². The molecule has 1 aromatic rings. The van der Waals surface area contributed by atoms with Crippen LogP contribution in [0.3, 0.4) is 0 Å². The van der Waals surface area contributed by atoms with Gasteiger partial charge in [0.15, 0.2) is 5.79 Å². The van der Waals surface area contributed by atoms with Gasteiger partial charge in [0.1, 0.15) is 0 Å². The van der Waals surface area contributed by atoms with Gasteiger partial charge in [-0.05, 0) is 37.3 Å². The van der Waals surface area contributed by atoms with Gasteiger partial charge in [-0.15, -0.1) is 0 Å². The van der Waals surface area contributed by atoms with Crippen molar-refractivity contribution in [2.24, 2.45) is 0 Å². The van der Waals surface area contributed by atoms with Gasteiger partial charge >= 0.3 is 0 Å². The summed E-state index contributed by atoms with van der Waals surface area (Å²) >= 11 is 6.19. The molecule has 0 amide bonds. The maximum Gasteiger partial charge on any atom is 0.165 e. The average Bonchev–Trinajstić information content (AvgIpc) is 2.85. The summed E-state index contributed by atoms with van der Waals surface area (Å²) in [5.41, 5.74) is 1.03. The van der Waals surface area contributed by atoms with Crippen LogP contribution < -0.4 is 0 Å². The van der Waals surface area contributed by atoms with Gasteiger partial charge < -0.3 is 14.9 Å². The predicted octanol–water partition coefficient (Wildman–Crippen LogP) is 3.30. The first-order chi connectivity index (χ1) is 9.63. The van der Waals surface area contributed by atoms with Gasteiger partial charge in [-0.2, -0.15) is 0 Å². The van der Waals surface area contributed by atoms with Crippen molar-refractivity contribution in [1.29, 1.82) is 0 Å². The Kier molecular flexibility index (Phi) is 5.85. The van der Waals surface area contributed by atoms with E-state index in [4.69, 9.17) is 21.4 Å². The largest absolute Gasteiger partial charge is 0.396 e. The van der Waals surface area contributed by atoms with E-state index in [-0.39, 0.29) is 12.7 Å². The number of hydrogen-bond acceptors (Lipinski definition) is 3. The van der Waals surface area contributed by atoms with Crippen molar-refractivity contribution in [2.45, 2.75) is 56.8 Å².